The predicted molar refractivity (Wildman–Crippen MR) is 80.4 cm³/mol. The molecule has 0 spiro atoms. The van der Waals surface area contributed by atoms with Crippen molar-refractivity contribution >= 4 is 23.7 Å². The molecule has 0 aromatic heterocycles. The molecule has 8 heteroatoms. The van der Waals surface area contributed by atoms with E-state index in [-0.39, 0.29) is 26.1 Å². The van der Waals surface area contributed by atoms with Gasteiger partial charge in [-0.15, -0.1) is 0 Å². The smallest absolute Gasteiger partial charge is 0.306 e. The second-order valence-electron chi connectivity index (χ2n) is 5.67. The molecule has 2 aliphatic rings. The molecule has 2 aliphatic heterocycles. The highest BCUT2D eigenvalue weighted by molar-refractivity contribution is 6.22. The molecule has 1 N–H and O–H groups in total. The van der Waals surface area contributed by atoms with Gasteiger partial charge in [-0.1, -0.05) is 12.1 Å². The van der Waals surface area contributed by atoms with E-state index >= 15 is 0 Å². The van der Waals surface area contributed by atoms with E-state index in [0.717, 1.165) is 4.90 Å². The largest absolute Gasteiger partial charge is 0.481 e. The maximum absolute atomic E-state index is 12.4. The van der Waals surface area contributed by atoms with Crippen LogP contribution in [0.2, 0.25) is 0 Å². The van der Waals surface area contributed by atoms with Crippen molar-refractivity contribution in [3.05, 3.63) is 35.4 Å². The van der Waals surface area contributed by atoms with Crippen molar-refractivity contribution in [1.29, 1.82) is 0 Å². The molecule has 0 radical (unpaired) electrons. The molecular formula is C16H16N2O6. The molecule has 8 nitrogen and oxygen atoms in total. The highest BCUT2D eigenvalue weighted by atomic mass is 16.5. The van der Waals surface area contributed by atoms with Gasteiger partial charge in [-0.2, -0.15) is 0 Å². The standard InChI is InChI=1S/C16H16N2O6/c19-13(17-5-6-24-10(8-17)7-14(20)21)9-18-15(22)11-3-1-2-4-12(11)16(18)23/h1-4,10H,5-9H2,(H,20,21). The van der Waals surface area contributed by atoms with E-state index in [4.69, 9.17) is 9.84 Å². The van der Waals surface area contributed by atoms with Gasteiger partial charge in [0.15, 0.2) is 0 Å². The number of benzene rings is 1. The summed E-state index contributed by atoms with van der Waals surface area (Å²) >= 11 is 0. The first-order valence-electron chi connectivity index (χ1n) is 7.53. The van der Waals surface area contributed by atoms with Gasteiger partial charge in [-0.25, -0.2) is 0 Å². The topological polar surface area (TPSA) is 104 Å². The van der Waals surface area contributed by atoms with Gasteiger partial charge in [-0.05, 0) is 12.1 Å². The molecule has 0 saturated carbocycles. The first-order valence-corrected chi connectivity index (χ1v) is 7.53. The van der Waals surface area contributed by atoms with Crippen LogP contribution in [0.4, 0.5) is 0 Å². The lowest BCUT2D eigenvalue weighted by Crippen LogP contribution is -2.50. The lowest BCUT2D eigenvalue weighted by molar-refractivity contribution is -0.147. The summed E-state index contributed by atoms with van der Waals surface area (Å²) in [6, 6.07) is 6.43. The van der Waals surface area contributed by atoms with Gasteiger partial charge >= 0.3 is 5.97 Å². The molecule has 1 unspecified atom stereocenters. The van der Waals surface area contributed by atoms with E-state index in [1.54, 1.807) is 24.3 Å². The summed E-state index contributed by atoms with van der Waals surface area (Å²) in [7, 11) is 0. The Morgan fingerprint density at radius 3 is 2.38 bits per heavy atom. The van der Waals surface area contributed by atoms with E-state index in [1.807, 2.05) is 0 Å². The zero-order valence-electron chi connectivity index (χ0n) is 12.8. The summed E-state index contributed by atoms with van der Waals surface area (Å²) in [5, 5.41) is 8.81. The van der Waals surface area contributed by atoms with Crippen LogP contribution in [-0.2, 0) is 14.3 Å². The van der Waals surface area contributed by atoms with E-state index in [1.165, 1.54) is 4.90 Å². The number of carbonyl (C=O) groups excluding carboxylic acids is 3. The molecule has 3 rings (SSSR count). The van der Waals surface area contributed by atoms with Crippen LogP contribution >= 0.6 is 0 Å². The molecule has 0 bridgehead atoms. The number of fused-ring (bicyclic) bond motifs is 1. The minimum absolute atomic E-state index is 0.133. The SMILES string of the molecule is O=C(O)CC1CN(C(=O)CN2C(=O)c3ccccc3C2=O)CCO1. The van der Waals surface area contributed by atoms with Crippen molar-refractivity contribution in [3.63, 3.8) is 0 Å². The Kier molecular flexibility index (Phi) is 4.30. The second kappa shape index (κ2) is 6.40. The summed E-state index contributed by atoms with van der Waals surface area (Å²) in [4.78, 5) is 50.0. The maximum Gasteiger partial charge on any atom is 0.306 e. The number of amides is 3. The molecule has 1 aromatic carbocycles. The number of ether oxygens (including phenoxy) is 1. The average molecular weight is 332 g/mol. The zero-order chi connectivity index (χ0) is 17.3. The van der Waals surface area contributed by atoms with Gasteiger partial charge < -0.3 is 14.7 Å². The summed E-state index contributed by atoms with van der Waals surface area (Å²) in [5.74, 6) is -2.38. The van der Waals surface area contributed by atoms with Crippen LogP contribution in [0.5, 0.6) is 0 Å². The number of hydrogen-bond acceptors (Lipinski definition) is 5. The van der Waals surface area contributed by atoms with Crippen molar-refractivity contribution in [2.45, 2.75) is 12.5 Å². The van der Waals surface area contributed by atoms with Crippen molar-refractivity contribution in [1.82, 2.24) is 9.80 Å². The van der Waals surface area contributed by atoms with E-state index in [0.29, 0.717) is 17.7 Å². The molecule has 2 heterocycles. The molecule has 24 heavy (non-hydrogen) atoms. The van der Waals surface area contributed by atoms with E-state index < -0.39 is 29.8 Å². The number of carbonyl (C=O) groups is 4. The fourth-order valence-corrected chi connectivity index (χ4v) is 2.88. The average Bonchev–Trinajstić information content (AvgIpc) is 2.80. The Bertz CT molecular complexity index is 681. The molecule has 0 aliphatic carbocycles. The Labute approximate surface area is 137 Å². The second-order valence-corrected chi connectivity index (χ2v) is 5.67. The summed E-state index contributed by atoms with van der Waals surface area (Å²) in [5.41, 5.74) is 0.585. The Balaban J connectivity index is 1.66. The van der Waals surface area contributed by atoms with Crippen LogP contribution in [0.3, 0.4) is 0 Å². The van der Waals surface area contributed by atoms with Gasteiger partial charge in [0.2, 0.25) is 5.91 Å². The van der Waals surface area contributed by atoms with Crippen LogP contribution in [-0.4, -0.2) is 70.9 Å². The number of hydrogen-bond donors (Lipinski definition) is 1. The first-order chi connectivity index (χ1) is 11.5. The summed E-state index contributed by atoms with van der Waals surface area (Å²) in [6.45, 7) is 0.310. The summed E-state index contributed by atoms with van der Waals surface area (Å²) in [6.07, 6.45) is -0.779. The molecule has 3 amide bonds. The number of carboxylic acids is 1. The number of rotatable bonds is 4. The minimum atomic E-state index is -1.00. The third-order valence-electron chi connectivity index (χ3n) is 4.07. The Hall–Kier alpha value is -2.74. The summed E-state index contributed by atoms with van der Waals surface area (Å²) < 4.78 is 5.31. The monoisotopic (exact) mass is 332 g/mol. The van der Waals surface area contributed by atoms with Gasteiger partial charge in [0.1, 0.15) is 6.54 Å². The third kappa shape index (κ3) is 3.00. The zero-order valence-corrected chi connectivity index (χ0v) is 12.8. The van der Waals surface area contributed by atoms with Gasteiger partial charge in [0.05, 0.1) is 30.3 Å². The quantitative estimate of drug-likeness (QED) is 0.778. The number of carboxylic acid groups (broad SMARTS) is 1. The number of nitrogens with zero attached hydrogens (tertiary/aromatic N) is 2. The molecule has 1 atom stereocenters. The van der Waals surface area contributed by atoms with E-state index in [9.17, 15) is 19.2 Å². The Morgan fingerprint density at radius 2 is 1.79 bits per heavy atom. The van der Waals surface area contributed by atoms with Crippen LogP contribution in [0.25, 0.3) is 0 Å². The highest BCUT2D eigenvalue weighted by Crippen LogP contribution is 2.22. The normalized spacial score (nSPS) is 20.2. The number of morpholine rings is 1. The van der Waals surface area contributed by atoms with Crippen molar-refractivity contribution in [3.8, 4) is 0 Å². The highest BCUT2D eigenvalue weighted by Gasteiger charge is 2.37. The van der Waals surface area contributed by atoms with Crippen LogP contribution in [0.1, 0.15) is 27.1 Å². The van der Waals surface area contributed by atoms with Gasteiger partial charge in [0, 0.05) is 13.1 Å². The first kappa shape index (κ1) is 16.1. The van der Waals surface area contributed by atoms with E-state index in [2.05, 4.69) is 0 Å². The predicted octanol–water partition coefficient (Wildman–Crippen LogP) is -0.0153. The fraction of sp³-hybridized carbons (Fsp3) is 0.375. The fourth-order valence-electron chi connectivity index (χ4n) is 2.88. The number of imide groups is 1. The molecule has 1 fully saturated rings. The number of aliphatic carboxylic acids is 1. The van der Waals surface area contributed by atoms with Gasteiger partial charge in [0.25, 0.3) is 11.8 Å². The van der Waals surface area contributed by atoms with Crippen molar-refractivity contribution in [2.24, 2.45) is 0 Å². The van der Waals surface area contributed by atoms with Crippen LogP contribution < -0.4 is 0 Å². The van der Waals surface area contributed by atoms with Crippen molar-refractivity contribution < 1.29 is 29.0 Å². The Morgan fingerprint density at radius 1 is 1.17 bits per heavy atom. The van der Waals surface area contributed by atoms with Crippen LogP contribution in [0, 0.1) is 0 Å². The van der Waals surface area contributed by atoms with Crippen molar-refractivity contribution in [2.75, 3.05) is 26.2 Å². The lowest BCUT2D eigenvalue weighted by atomic mass is 10.1. The van der Waals surface area contributed by atoms with Crippen LogP contribution in [0.15, 0.2) is 24.3 Å². The third-order valence-corrected chi connectivity index (χ3v) is 4.07. The maximum atomic E-state index is 12.4. The molecule has 126 valence electrons. The van der Waals surface area contributed by atoms with Gasteiger partial charge in [-0.3, -0.25) is 24.1 Å². The minimum Gasteiger partial charge on any atom is -0.481 e. The lowest BCUT2D eigenvalue weighted by Gasteiger charge is -2.33. The molecule has 1 saturated heterocycles. The molecular weight excluding hydrogens is 316 g/mol. The molecule has 1 aromatic rings.